The van der Waals surface area contributed by atoms with Gasteiger partial charge in [-0.05, 0) is 25.4 Å². The van der Waals surface area contributed by atoms with Gasteiger partial charge in [0, 0.05) is 13.0 Å². The highest BCUT2D eigenvalue weighted by Crippen LogP contribution is 2.19. The van der Waals surface area contributed by atoms with E-state index < -0.39 is 12.0 Å². The molecule has 0 spiro atoms. The van der Waals surface area contributed by atoms with Gasteiger partial charge in [0.05, 0.1) is 0 Å². The summed E-state index contributed by atoms with van der Waals surface area (Å²) in [7, 11) is 1.58. The van der Waals surface area contributed by atoms with Crippen molar-refractivity contribution in [3.8, 4) is 0 Å². The topological polar surface area (TPSA) is 69.6 Å². The van der Waals surface area contributed by atoms with Gasteiger partial charge in [0.25, 0.3) is 0 Å². The minimum absolute atomic E-state index is 0.0687. The Hall–Kier alpha value is -1.10. The van der Waals surface area contributed by atoms with Crippen LogP contribution >= 0.6 is 0 Å². The third-order valence-corrected chi connectivity index (χ3v) is 3.40. The summed E-state index contributed by atoms with van der Waals surface area (Å²) in [6, 6.07) is -0.706. The van der Waals surface area contributed by atoms with Crippen LogP contribution in [0.5, 0.6) is 0 Å². The molecule has 5 heteroatoms. The molecule has 1 heterocycles. The van der Waals surface area contributed by atoms with Crippen LogP contribution in [0, 0.1) is 11.8 Å². The molecule has 1 saturated heterocycles. The Kier molecular flexibility index (Phi) is 4.29. The summed E-state index contributed by atoms with van der Waals surface area (Å²) in [4.78, 5) is 24.3. The molecule has 1 fully saturated rings. The number of nitrogens with zero attached hydrogens (tertiary/aromatic N) is 1. The van der Waals surface area contributed by atoms with Gasteiger partial charge in [-0.15, -0.1) is 0 Å². The van der Waals surface area contributed by atoms with Crippen LogP contribution in [-0.4, -0.2) is 48.1 Å². The number of amides is 1. The number of carboxylic acids is 1. The zero-order chi connectivity index (χ0) is 12.3. The average Bonchev–Trinajstić information content (AvgIpc) is 2.14. The lowest BCUT2D eigenvalue weighted by atomic mass is 9.87. The van der Waals surface area contributed by atoms with Crippen molar-refractivity contribution in [2.24, 2.45) is 11.8 Å². The zero-order valence-corrected chi connectivity index (χ0v) is 10.1. The minimum Gasteiger partial charge on any atom is -0.480 e. The fourth-order valence-corrected chi connectivity index (χ4v) is 1.96. The van der Waals surface area contributed by atoms with Gasteiger partial charge in [-0.2, -0.15) is 0 Å². The second kappa shape index (κ2) is 5.30. The minimum atomic E-state index is -0.933. The number of nitrogens with one attached hydrogen (secondary N) is 1. The Bertz CT molecular complexity index is 276. The number of carboxylic acid groups (broad SMARTS) is 1. The van der Waals surface area contributed by atoms with Gasteiger partial charge < -0.3 is 15.3 Å². The molecular weight excluding hydrogens is 208 g/mol. The predicted molar refractivity (Wildman–Crippen MR) is 60.0 cm³/mol. The molecule has 0 aliphatic carbocycles. The number of hydrogen-bond acceptors (Lipinski definition) is 3. The molecule has 0 saturated carbocycles. The summed E-state index contributed by atoms with van der Waals surface area (Å²) < 4.78 is 0. The molecule has 2 unspecified atom stereocenters. The van der Waals surface area contributed by atoms with Gasteiger partial charge in [0.15, 0.2) is 0 Å². The van der Waals surface area contributed by atoms with Crippen LogP contribution in [0.3, 0.4) is 0 Å². The number of hydrogen-bond donors (Lipinski definition) is 2. The monoisotopic (exact) mass is 228 g/mol. The lowest BCUT2D eigenvalue weighted by Crippen LogP contribution is -2.52. The average molecular weight is 228 g/mol. The standard InChI is InChI=1S/C11H20N2O3/c1-4-9(11(15)16)13(3)10(14)7(2)8-5-12-6-8/h7-9,12H,4-6H2,1-3H3,(H,15,16). The number of rotatable bonds is 5. The molecule has 2 N–H and O–H groups in total. The number of carbonyl (C=O) groups is 2. The number of likely N-dealkylation sites (N-methyl/N-ethyl adjacent to an activating group) is 1. The first kappa shape index (κ1) is 13.0. The molecule has 0 aromatic rings. The molecule has 2 atom stereocenters. The van der Waals surface area contributed by atoms with E-state index >= 15 is 0 Å². The molecule has 0 radical (unpaired) electrons. The van der Waals surface area contributed by atoms with Crippen LogP contribution in [-0.2, 0) is 9.59 Å². The van der Waals surface area contributed by atoms with Crippen molar-refractivity contribution in [2.75, 3.05) is 20.1 Å². The number of carbonyl (C=O) groups excluding carboxylic acids is 1. The summed E-state index contributed by atoms with van der Waals surface area (Å²) in [5, 5.41) is 12.1. The summed E-state index contributed by atoms with van der Waals surface area (Å²) in [5.74, 6) is -0.751. The highest BCUT2D eigenvalue weighted by molar-refractivity contribution is 5.84. The third kappa shape index (κ3) is 2.52. The van der Waals surface area contributed by atoms with E-state index in [9.17, 15) is 9.59 Å². The largest absolute Gasteiger partial charge is 0.480 e. The molecule has 1 aliphatic heterocycles. The molecular formula is C11H20N2O3. The summed E-state index contributed by atoms with van der Waals surface area (Å²) in [5.41, 5.74) is 0. The molecule has 0 bridgehead atoms. The summed E-state index contributed by atoms with van der Waals surface area (Å²) in [6.45, 7) is 5.35. The molecule has 1 amide bonds. The van der Waals surface area contributed by atoms with E-state index in [1.165, 1.54) is 4.90 Å². The van der Waals surface area contributed by atoms with Crippen molar-refractivity contribution in [3.63, 3.8) is 0 Å². The van der Waals surface area contributed by atoms with Crippen molar-refractivity contribution in [1.29, 1.82) is 0 Å². The van der Waals surface area contributed by atoms with Crippen LogP contribution < -0.4 is 5.32 Å². The van der Waals surface area contributed by atoms with Crippen molar-refractivity contribution in [1.82, 2.24) is 10.2 Å². The fourth-order valence-electron chi connectivity index (χ4n) is 1.96. The van der Waals surface area contributed by atoms with Crippen LogP contribution in [0.2, 0.25) is 0 Å². The third-order valence-electron chi connectivity index (χ3n) is 3.40. The maximum atomic E-state index is 12.0. The molecule has 0 aromatic heterocycles. The Morgan fingerprint density at radius 1 is 1.50 bits per heavy atom. The normalized spacial score (nSPS) is 19.7. The second-order valence-electron chi connectivity index (χ2n) is 4.42. The van der Waals surface area contributed by atoms with Crippen LogP contribution in [0.15, 0.2) is 0 Å². The van der Waals surface area contributed by atoms with Gasteiger partial charge in [-0.1, -0.05) is 13.8 Å². The molecule has 1 rings (SSSR count). The Labute approximate surface area is 95.8 Å². The van der Waals surface area contributed by atoms with Crippen LogP contribution in [0.1, 0.15) is 20.3 Å². The van der Waals surface area contributed by atoms with E-state index in [0.29, 0.717) is 12.3 Å². The van der Waals surface area contributed by atoms with E-state index in [2.05, 4.69) is 5.32 Å². The van der Waals surface area contributed by atoms with E-state index in [1.54, 1.807) is 14.0 Å². The van der Waals surface area contributed by atoms with Crippen LogP contribution in [0.25, 0.3) is 0 Å². The molecule has 0 aromatic carbocycles. The van der Waals surface area contributed by atoms with Gasteiger partial charge in [-0.3, -0.25) is 4.79 Å². The first-order chi connectivity index (χ1) is 7.49. The van der Waals surface area contributed by atoms with E-state index in [0.717, 1.165) is 13.1 Å². The molecule has 16 heavy (non-hydrogen) atoms. The quantitative estimate of drug-likeness (QED) is 0.703. The SMILES string of the molecule is CCC(C(=O)O)N(C)C(=O)C(C)C1CNC1. The Balaban J connectivity index is 2.60. The van der Waals surface area contributed by atoms with Crippen molar-refractivity contribution >= 4 is 11.9 Å². The first-order valence-corrected chi connectivity index (χ1v) is 5.69. The van der Waals surface area contributed by atoms with Crippen LogP contribution in [0.4, 0.5) is 0 Å². The van der Waals surface area contributed by atoms with E-state index in [-0.39, 0.29) is 11.8 Å². The number of aliphatic carboxylic acids is 1. The van der Waals surface area contributed by atoms with Crippen molar-refractivity contribution < 1.29 is 14.7 Å². The van der Waals surface area contributed by atoms with E-state index in [1.807, 2.05) is 6.92 Å². The lowest BCUT2D eigenvalue weighted by Gasteiger charge is -2.35. The molecule has 5 nitrogen and oxygen atoms in total. The Morgan fingerprint density at radius 3 is 2.38 bits per heavy atom. The lowest BCUT2D eigenvalue weighted by molar-refractivity contribution is -0.151. The van der Waals surface area contributed by atoms with Crippen molar-refractivity contribution in [3.05, 3.63) is 0 Å². The molecule has 92 valence electrons. The Morgan fingerprint density at radius 2 is 2.06 bits per heavy atom. The maximum absolute atomic E-state index is 12.0. The zero-order valence-electron chi connectivity index (χ0n) is 10.1. The van der Waals surface area contributed by atoms with Gasteiger partial charge in [0.1, 0.15) is 6.04 Å². The highest BCUT2D eigenvalue weighted by Gasteiger charge is 2.34. The van der Waals surface area contributed by atoms with E-state index in [4.69, 9.17) is 5.11 Å². The predicted octanol–water partition coefficient (Wildman–Crippen LogP) is 0.164. The van der Waals surface area contributed by atoms with Gasteiger partial charge in [-0.25, -0.2) is 4.79 Å². The van der Waals surface area contributed by atoms with Crippen molar-refractivity contribution in [2.45, 2.75) is 26.3 Å². The highest BCUT2D eigenvalue weighted by atomic mass is 16.4. The summed E-state index contributed by atoms with van der Waals surface area (Å²) >= 11 is 0. The summed E-state index contributed by atoms with van der Waals surface area (Å²) in [6.07, 6.45) is 0.438. The second-order valence-corrected chi connectivity index (χ2v) is 4.42. The molecule has 1 aliphatic rings. The maximum Gasteiger partial charge on any atom is 0.326 e. The fraction of sp³-hybridized carbons (Fsp3) is 0.818. The van der Waals surface area contributed by atoms with Gasteiger partial charge >= 0.3 is 5.97 Å². The first-order valence-electron chi connectivity index (χ1n) is 5.69. The van der Waals surface area contributed by atoms with Gasteiger partial charge in [0.2, 0.25) is 5.91 Å². The smallest absolute Gasteiger partial charge is 0.326 e.